The SMILES string of the molecule is COCCCOCCC1OCCCO1. The Bertz CT molecular complexity index is 123. The van der Waals surface area contributed by atoms with Crippen molar-refractivity contribution in [3.63, 3.8) is 0 Å². The molecule has 1 rings (SSSR count). The zero-order valence-electron chi connectivity index (χ0n) is 8.87. The molecular weight excluding hydrogens is 184 g/mol. The second-order valence-corrected chi connectivity index (χ2v) is 3.27. The van der Waals surface area contributed by atoms with Crippen LogP contribution in [0.1, 0.15) is 19.3 Å². The quantitative estimate of drug-likeness (QED) is 0.584. The molecule has 4 nitrogen and oxygen atoms in total. The van der Waals surface area contributed by atoms with Crippen LogP contribution in [0, 0.1) is 0 Å². The monoisotopic (exact) mass is 204 g/mol. The molecule has 0 unspecified atom stereocenters. The molecule has 1 aliphatic heterocycles. The molecule has 0 aromatic carbocycles. The fourth-order valence-electron chi connectivity index (χ4n) is 1.29. The third-order valence-corrected chi connectivity index (χ3v) is 2.03. The van der Waals surface area contributed by atoms with E-state index in [-0.39, 0.29) is 6.29 Å². The Morgan fingerprint density at radius 1 is 1.14 bits per heavy atom. The first-order valence-electron chi connectivity index (χ1n) is 5.23. The Kier molecular flexibility index (Phi) is 6.95. The molecule has 1 aliphatic rings. The molecule has 0 atom stereocenters. The van der Waals surface area contributed by atoms with Gasteiger partial charge in [-0.3, -0.25) is 0 Å². The Labute approximate surface area is 85.5 Å². The predicted octanol–water partition coefficient (Wildman–Crippen LogP) is 1.19. The molecule has 0 aliphatic carbocycles. The van der Waals surface area contributed by atoms with Gasteiger partial charge in [0, 0.05) is 26.7 Å². The van der Waals surface area contributed by atoms with Crippen molar-refractivity contribution in [3.05, 3.63) is 0 Å². The first-order valence-corrected chi connectivity index (χ1v) is 5.23. The van der Waals surface area contributed by atoms with E-state index in [2.05, 4.69) is 0 Å². The summed E-state index contributed by atoms with van der Waals surface area (Å²) in [6, 6.07) is 0. The van der Waals surface area contributed by atoms with E-state index in [0.29, 0.717) is 6.61 Å². The van der Waals surface area contributed by atoms with Crippen LogP contribution < -0.4 is 0 Å². The lowest BCUT2D eigenvalue weighted by Gasteiger charge is -2.22. The summed E-state index contributed by atoms with van der Waals surface area (Å²) in [6.45, 7) is 3.84. The summed E-state index contributed by atoms with van der Waals surface area (Å²) in [5, 5.41) is 0. The van der Waals surface area contributed by atoms with E-state index in [0.717, 1.165) is 45.7 Å². The normalized spacial score (nSPS) is 18.6. The van der Waals surface area contributed by atoms with Gasteiger partial charge in [0.2, 0.25) is 0 Å². The van der Waals surface area contributed by atoms with Crippen molar-refractivity contribution in [2.75, 3.05) is 40.1 Å². The lowest BCUT2D eigenvalue weighted by atomic mass is 10.4. The number of rotatable bonds is 7. The number of hydrogen-bond donors (Lipinski definition) is 0. The van der Waals surface area contributed by atoms with Crippen molar-refractivity contribution >= 4 is 0 Å². The minimum Gasteiger partial charge on any atom is -0.385 e. The average Bonchev–Trinajstić information content (AvgIpc) is 2.25. The molecule has 1 saturated heterocycles. The molecule has 4 heteroatoms. The molecule has 1 heterocycles. The standard InChI is InChI=1S/C10H20O4/c1-11-5-2-6-12-9-4-10-13-7-3-8-14-10/h10H,2-9H2,1H3. The van der Waals surface area contributed by atoms with Gasteiger partial charge in [-0.05, 0) is 12.8 Å². The van der Waals surface area contributed by atoms with E-state index in [9.17, 15) is 0 Å². The molecule has 14 heavy (non-hydrogen) atoms. The fourth-order valence-corrected chi connectivity index (χ4v) is 1.29. The lowest BCUT2D eigenvalue weighted by Crippen LogP contribution is -2.26. The van der Waals surface area contributed by atoms with Crippen molar-refractivity contribution in [2.45, 2.75) is 25.6 Å². The predicted molar refractivity (Wildman–Crippen MR) is 52.2 cm³/mol. The second kappa shape index (κ2) is 8.17. The van der Waals surface area contributed by atoms with Crippen LogP contribution in [0.15, 0.2) is 0 Å². The molecule has 1 fully saturated rings. The summed E-state index contributed by atoms with van der Waals surface area (Å²) < 4.78 is 21.1. The second-order valence-electron chi connectivity index (χ2n) is 3.27. The highest BCUT2D eigenvalue weighted by molar-refractivity contribution is 4.51. The maximum absolute atomic E-state index is 5.40. The maximum atomic E-state index is 5.40. The Balaban J connectivity index is 1.82. The molecule has 0 aromatic rings. The molecule has 0 N–H and O–H groups in total. The zero-order chi connectivity index (χ0) is 10.1. The Morgan fingerprint density at radius 3 is 2.64 bits per heavy atom. The van der Waals surface area contributed by atoms with Gasteiger partial charge in [-0.15, -0.1) is 0 Å². The topological polar surface area (TPSA) is 36.9 Å². The summed E-state index contributed by atoms with van der Waals surface area (Å²) in [5.41, 5.74) is 0. The van der Waals surface area contributed by atoms with Crippen molar-refractivity contribution < 1.29 is 18.9 Å². The Hall–Kier alpha value is -0.160. The molecule has 0 spiro atoms. The molecule has 0 amide bonds. The minimum atomic E-state index is -0.0498. The largest absolute Gasteiger partial charge is 0.385 e. The van der Waals surface area contributed by atoms with Crippen molar-refractivity contribution in [1.82, 2.24) is 0 Å². The van der Waals surface area contributed by atoms with Gasteiger partial charge in [0.15, 0.2) is 6.29 Å². The summed E-state index contributed by atoms with van der Waals surface area (Å²) >= 11 is 0. The van der Waals surface area contributed by atoms with E-state index in [4.69, 9.17) is 18.9 Å². The summed E-state index contributed by atoms with van der Waals surface area (Å²) in [5.74, 6) is 0. The van der Waals surface area contributed by atoms with Gasteiger partial charge in [0.05, 0.1) is 19.8 Å². The molecule has 0 aromatic heterocycles. The molecule has 0 saturated carbocycles. The first kappa shape index (κ1) is 11.9. The highest BCUT2D eigenvalue weighted by atomic mass is 16.7. The van der Waals surface area contributed by atoms with Crippen LogP contribution in [0.4, 0.5) is 0 Å². The van der Waals surface area contributed by atoms with Crippen molar-refractivity contribution in [1.29, 1.82) is 0 Å². The van der Waals surface area contributed by atoms with Gasteiger partial charge in [-0.2, -0.15) is 0 Å². The first-order chi connectivity index (χ1) is 6.93. The smallest absolute Gasteiger partial charge is 0.159 e. The lowest BCUT2D eigenvalue weighted by molar-refractivity contribution is -0.186. The van der Waals surface area contributed by atoms with Gasteiger partial charge in [-0.25, -0.2) is 0 Å². The molecule has 84 valence electrons. The van der Waals surface area contributed by atoms with Crippen LogP contribution in [0.5, 0.6) is 0 Å². The van der Waals surface area contributed by atoms with Crippen LogP contribution >= 0.6 is 0 Å². The third-order valence-electron chi connectivity index (χ3n) is 2.03. The number of hydrogen-bond acceptors (Lipinski definition) is 4. The van der Waals surface area contributed by atoms with Gasteiger partial charge < -0.3 is 18.9 Å². The number of ether oxygens (including phenoxy) is 4. The Morgan fingerprint density at radius 2 is 1.93 bits per heavy atom. The van der Waals surface area contributed by atoms with E-state index < -0.39 is 0 Å². The van der Waals surface area contributed by atoms with Gasteiger partial charge in [-0.1, -0.05) is 0 Å². The molecule has 0 radical (unpaired) electrons. The van der Waals surface area contributed by atoms with Crippen molar-refractivity contribution in [3.8, 4) is 0 Å². The van der Waals surface area contributed by atoms with Gasteiger partial charge in [0.25, 0.3) is 0 Å². The van der Waals surface area contributed by atoms with Crippen LogP contribution in [-0.2, 0) is 18.9 Å². The summed E-state index contributed by atoms with van der Waals surface area (Å²) in [6.07, 6.45) is 2.73. The fraction of sp³-hybridized carbons (Fsp3) is 1.00. The van der Waals surface area contributed by atoms with E-state index >= 15 is 0 Å². The molecular formula is C10H20O4. The highest BCUT2D eigenvalue weighted by Gasteiger charge is 2.13. The van der Waals surface area contributed by atoms with E-state index in [1.54, 1.807) is 7.11 Å². The highest BCUT2D eigenvalue weighted by Crippen LogP contribution is 2.08. The van der Waals surface area contributed by atoms with E-state index in [1.165, 1.54) is 0 Å². The van der Waals surface area contributed by atoms with Gasteiger partial charge in [0.1, 0.15) is 0 Å². The van der Waals surface area contributed by atoms with Gasteiger partial charge >= 0.3 is 0 Å². The van der Waals surface area contributed by atoms with Crippen LogP contribution in [0.2, 0.25) is 0 Å². The average molecular weight is 204 g/mol. The van der Waals surface area contributed by atoms with Crippen molar-refractivity contribution in [2.24, 2.45) is 0 Å². The summed E-state index contributed by atoms with van der Waals surface area (Å²) in [4.78, 5) is 0. The maximum Gasteiger partial charge on any atom is 0.159 e. The van der Waals surface area contributed by atoms with E-state index in [1.807, 2.05) is 0 Å². The minimum absolute atomic E-state index is 0.0498. The number of methoxy groups -OCH3 is 1. The van der Waals surface area contributed by atoms with Crippen LogP contribution in [0.25, 0.3) is 0 Å². The third kappa shape index (κ3) is 5.54. The van der Waals surface area contributed by atoms with Crippen LogP contribution in [0.3, 0.4) is 0 Å². The summed E-state index contributed by atoms with van der Waals surface area (Å²) in [7, 11) is 1.70. The molecule has 0 bridgehead atoms. The zero-order valence-corrected chi connectivity index (χ0v) is 8.87. The van der Waals surface area contributed by atoms with Crippen LogP contribution in [-0.4, -0.2) is 46.4 Å².